The number of thiocarbonyl (C=S) groups is 1. The molecule has 0 spiro atoms. The number of rotatable bonds is 5. The molecule has 1 heterocycles. The van der Waals surface area contributed by atoms with Gasteiger partial charge in [0.1, 0.15) is 11.6 Å². The first-order valence-electron chi connectivity index (χ1n) is 6.45. The largest absolute Gasteiger partial charge is 0.496 e. The lowest BCUT2D eigenvalue weighted by molar-refractivity contribution is 0.404. The van der Waals surface area contributed by atoms with Crippen LogP contribution in [-0.2, 0) is 6.42 Å². The van der Waals surface area contributed by atoms with Crippen molar-refractivity contribution >= 4 is 39.1 Å². The summed E-state index contributed by atoms with van der Waals surface area (Å²) in [6.07, 6.45) is 2.01. The Bertz CT molecular complexity index is 671. The van der Waals surface area contributed by atoms with E-state index in [-0.39, 0.29) is 5.82 Å². The Morgan fingerprint density at radius 1 is 1.41 bits per heavy atom. The fourth-order valence-electron chi connectivity index (χ4n) is 1.83. The number of benzene rings is 1. The van der Waals surface area contributed by atoms with E-state index in [9.17, 15) is 4.39 Å². The molecule has 1 aromatic carbocycles. The van der Waals surface area contributed by atoms with Gasteiger partial charge >= 0.3 is 0 Å². The third-order valence-electron chi connectivity index (χ3n) is 2.86. The van der Waals surface area contributed by atoms with E-state index in [2.05, 4.69) is 36.8 Å². The lowest BCUT2D eigenvalue weighted by Crippen LogP contribution is -2.31. The normalized spacial score (nSPS) is 10.1. The number of methoxy groups -OCH3 is 1. The van der Waals surface area contributed by atoms with Crippen molar-refractivity contribution in [2.75, 3.05) is 19.0 Å². The first kappa shape index (κ1) is 16.6. The van der Waals surface area contributed by atoms with Crippen LogP contribution in [-0.4, -0.2) is 29.0 Å². The van der Waals surface area contributed by atoms with Crippen molar-refractivity contribution in [3.63, 3.8) is 0 Å². The second kappa shape index (κ2) is 8.00. The number of nitrogens with one attached hydrogen (secondary N) is 2. The molecule has 0 amide bonds. The average molecular weight is 385 g/mol. The van der Waals surface area contributed by atoms with Crippen molar-refractivity contribution in [3.8, 4) is 5.75 Å². The van der Waals surface area contributed by atoms with Crippen molar-refractivity contribution in [2.24, 2.45) is 0 Å². The van der Waals surface area contributed by atoms with E-state index >= 15 is 0 Å². The van der Waals surface area contributed by atoms with Gasteiger partial charge < -0.3 is 15.4 Å². The SMILES string of the molecule is COc1cccc(F)c1CCNC(=S)Nc1nnccc1Br. The maximum absolute atomic E-state index is 13.8. The molecular formula is C14H14BrFN4OS. The number of hydrogen-bond acceptors (Lipinski definition) is 4. The zero-order chi connectivity index (χ0) is 15.9. The van der Waals surface area contributed by atoms with Gasteiger partial charge in [-0.3, -0.25) is 0 Å². The number of anilines is 1. The Kier molecular flexibility index (Phi) is 6.02. The number of nitrogens with zero attached hydrogens (tertiary/aromatic N) is 2. The third kappa shape index (κ3) is 4.35. The number of halogens is 2. The standard InChI is InChI=1S/C14H14BrFN4OS/c1-21-12-4-2-3-11(16)9(12)5-7-17-14(22)19-13-10(15)6-8-18-20-13/h2-4,6,8H,5,7H2,1H3,(H2,17,19,20,22). The Labute approximate surface area is 141 Å². The smallest absolute Gasteiger partial charge is 0.172 e. The number of hydrogen-bond donors (Lipinski definition) is 2. The molecule has 2 rings (SSSR count). The van der Waals surface area contributed by atoms with Gasteiger partial charge in [0.05, 0.1) is 17.8 Å². The van der Waals surface area contributed by atoms with Crippen LogP contribution in [0.15, 0.2) is 34.9 Å². The summed E-state index contributed by atoms with van der Waals surface area (Å²) in [4.78, 5) is 0. The molecule has 0 saturated heterocycles. The van der Waals surface area contributed by atoms with Crippen LogP contribution in [0.4, 0.5) is 10.2 Å². The molecular weight excluding hydrogens is 371 g/mol. The molecule has 116 valence electrons. The van der Waals surface area contributed by atoms with Crippen LogP contribution < -0.4 is 15.4 Å². The summed E-state index contributed by atoms with van der Waals surface area (Å²) in [6.45, 7) is 0.459. The highest BCUT2D eigenvalue weighted by atomic mass is 79.9. The Morgan fingerprint density at radius 2 is 2.23 bits per heavy atom. The zero-order valence-electron chi connectivity index (χ0n) is 11.8. The van der Waals surface area contributed by atoms with Gasteiger partial charge in [0.25, 0.3) is 0 Å². The Hall–Kier alpha value is -1.80. The maximum Gasteiger partial charge on any atom is 0.172 e. The topological polar surface area (TPSA) is 59.1 Å². The molecule has 0 unspecified atom stereocenters. The summed E-state index contributed by atoms with van der Waals surface area (Å²) in [6, 6.07) is 6.50. The second-order valence-electron chi connectivity index (χ2n) is 4.28. The highest BCUT2D eigenvalue weighted by molar-refractivity contribution is 9.10. The van der Waals surface area contributed by atoms with Gasteiger partial charge in [-0.25, -0.2) is 4.39 Å². The van der Waals surface area contributed by atoms with Crippen molar-refractivity contribution < 1.29 is 9.13 Å². The van der Waals surface area contributed by atoms with Gasteiger partial charge in [-0.05, 0) is 52.8 Å². The van der Waals surface area contributed by atoms with Crippen molar-refractivity contribution in [1.29, 1.82) is 0 Å². The van der Waals surface area contributed by atoms with Gasteiger partial charge in [0, 0.05) is 12.1 Å². The molecule has 0 saturated carbocycles. The molecule has 8 heteroatoms. The van der Waals surface area contributed by atoms with Crippen molar-refractivity contribution in [2.45, 2.75) is 6.42 Å². The van der Waals surface area contributed by atoms with E-state index in [4.69, 9.17) is 17.0 Å². The molecule has 0 aliphatic heterocycles. The molecule has 2 aromatic rings. The lowest BCUT2D eigenvalue weighted by Gasteiger charge is -2.12. The molecule has 5 nitrogen and oxygen atoms in total. The van der Waals surface area contributed by atoms with E-state index < -0.39 is 0 Å². The summed E-state index contributed by atoms with van der Waals surface area (Å²) in [5, 5.41) is 14.0. The van der Waals surface area contributed by atoms with Crippen LogP contribution in [0.1, 0.15) is 5.56 Å². The van der Waals surface area contributed by atoms with E-state index in [0.29, 0.717) is 35.2 Å². The van der Waals surface area contributed by atoms with Crippen molar-refractivity contribution in [3.05, 3.63) is 46.3 Å². The fraction of sp³-hybridized carbons (Fsp3) is 0.214. The number of ether oxygens (including phenoxy) is 1. The van der Waals surface area contributed by atoms with Crippen molar-refractivity contribution in [1.82, 2.24) is 15.5 Å². The van der Waals surface area contributed by atoms with Crippen LogP contribution >= 0.6 is 28.1 Å². The van der Waals surface area contributed by atoms with Gasteiger partial charge in [-0.2, -0.15) is 5.10 Å². The molecule has 22 heavy (non-hydrogen) atoms. The Morgan fingerprint density at radius 3 is 2.95 bits per heavy atom. The summed E-state index contributed by atoms with van der Waals surface area (Å²) in [5.41, 5.74) is 0.515. The van der Waals surface area contributed by atoms with E-state index in [0.717, 1.165) is 4.47 Å². The van der Waals surface area contributed by atoms with Crippen LogP contribution in [0.5, 0.6) is 5.75 Å². The summed E-state index contributed by atoms with van der Waals surface area (Å²) in [7, 11) is 1.52. The molecule has 0 aliphatic rings. The molecule has 0 radical (unpaired) electrons. The molecule has 1 aromatic heterocycles. The van der Waals surface area contributed by atoms with Gasteiger partial charge in [0.15, 0.2) is 10.9 Å². The maximum atomic E-state index is 13.8. The zero-order valence-corrected chi connectivity index (χ0v) is 14.2. The van der Waals surface area contributed by atoms with Crippen LogP contribution in [0, 0.1) is 5.82 Å². The molecule has 0 atom stereocenters. The fourth-order valence-corrected chi connectivity index (χ4v) is 2.32. The predicted octanol–water partition coefficient (Wildman–Crippen LogP) is 2.92. The van der Waals surface area contributed by atoms with Gasteiger partial charge in [-0.1, -0.05) is 6.07 Å². The molecule has 2 N–H and O–H groups in total. The monoisotopic (exact) mass is 384 g/mol. The van der Waals surface area contributed by atoms with Crippen LogP contribution in [0.3, 0.4) is 0 Å². The van der Waals surface area contributed by atoms with Crippen LogP contribution in [0.25, 0.3) is 0 Å². The van der Waals surface area contributed by atoms with E-state index in [1.165, 1.54) is 13.2 Å². The number of aromatic nitrogens is 2. The average Bonchev–Trinajstić information content (AvgIpc) is 2.51. The minimum Gasteiger partial charge on any atom is -0.496 e. The highest BCUT2D eigenvalue weighted by Crippen LogP contribution is 2.21. The Balaban J connectivity index is 1.89. The van der Waals surface area contributed by atoms with Gasteiger partial charge in [-0.15, -0.1) is 5.10 Å². The quantitative estimate of drug-likeness (QED) is 0.772. The summed E-state index contributed by atoms with van der Waals surface area (Å²) in [5.74, 6) is 0.748. The predicted molar refractivity (Wildman–Crippen MR) is 90.6 cm³/mol. The molecule has 0 aliphatic carbocycles. The van der Waals surface area contributed by atoms with E-state index in [1.54, 1.807) is 24.4 Å². The summed E-state index contributed by atoms with van der Waals surface area (Å²) >= 11 is 8.51. The minimum atomic E-state index is -0.295. The molecule has 0 fully saturated rings. The van der Waals surface area contributed by atoms with Crippen LogP contribution in [0.2, 0.25) is 0 Å². The summed E-state index contributed by atoms with van der Waals surface area (Å²) < 4.78 is 19.7. The van der Waals surface area contributed by atoms with E-state index in [1.807, 2.05) is 0 Å². The van der Waals surface area contributed by atoms with Gasteiger partial charge in [0.2, 0.25) is 0 Å². The highest BCUT2D eigenvalue weighted by Gasteiger charge is 2.09. The first-order valence-corrected chi connectivity index (χ1v) is 7.65. The lowest BCUT2D eigenvalue weighted by atomic mass is 10.1. The molecule has 0 bridgehead atoms. The first-order chi connectivity index (χ1) is 10.6. The minimum absolute atomic E-state index is 0.295. The third-order valence-corrected chi connectivity index (χ3v) is 3.75. The second-order valence-corrected chi connectivity index (χ2v) is 5.54.